The minimum absolute atomic E-state index is 0.342. The number of piperidine rings is 2. The van der Waals surface area contributed by atoms with Crippen LogP contribution in [0.4, 0.5) is 17.6 Å². The number of nitrogens with one attached hydrogen (secondary N) is 1. The molecule has 3 rings (SSSR count). The minimum Gasteiger partial charge on any atom is -0.373 e. The molecule has 0 radical (unpaired) electrons. The summed E-state index contributed by atoms with van der Waals surface area (Å²) in [5.74, 6) is 2.83. The van der Waals surface area contributed by atoms with E-state index in [0.29, 0.717) is 5.95 Å². The average Bonchev–Trinajstić information content (AvgIpc) is 2.46. The lowest BCUT2D eigenvalue weighted by Crippen LogP contribution is -2.52. The number of likely N-dealkylation sites (tertiary alicyclic amines) is 1. The first-order chi connectivity index (χ1) is 9.67. The summed E-state index contributed by atoms with van der Waals surface area (Å²) < 4.78 is 0. The normalized spacial score (nSPS) is 27.2. The van der Waals surface area contributed by atoms with Gasteiger partial charge in [0.2, 0.25) is 5.95 Å². The van der Waals surface area contributed by atoms with Crippen molar-refractivity contribution in [3.63, 3.8) is 0 Å². The molecule has 2 aliphatic rings. The Kier molecular flexibility index (Phi) is 3.65. The van der Waals surface area contributed by atoms with Crippen LogP contribution in [0.3, 0.4) is 0 Å². The molecular weight excluding hydrogens is 252 g/mol. The van der Waals surface area contributed by atoms with Crippen LogP contribution in [0.2, 0.25) is 0 Å². The van der Waals surface area contributed by atoms with Crippen LogP contribution in [0, 0.1) is 5.92 Å². The number of nitrogens with two attached hydrogens (primary N) is 1. The first kappa shape index (κ1) is 13.4. The first-order valence-corrected chi connectivity index (χ1v) is 7.45. The summed E-state index contributed by atoms with van der Waals surface area (Å²) in [5, 5.41) is 3.04. The van der Waals surface area contributed by atoms with Gasteiger partial charge in [0.1, 0.15) is 11.6 Å². The number of anilines is 3. The van der Waals surface area contributed by atoms with Gasteiger partial charge in [-0.1, -0.05) is 0 Å². The molecule has 2 fully saturated rings. The van der Waals surface area contributed by atoms with Crippen LogP contribution < -0.4 is 16.0 Å². The van der Waals surface area contributed by atoms with Crippen LogP contribution in [0.1, 0.15) is 19.3 Å². The van der Waals surface area contributed by atoms with Crippen molar-refractivity contribution in [3.05, 3.63) is 6.07 Å². The molecule has 0 saturated carbocycles. The fourth-order valence-corrected chi connectivity index (χ4v) is 3.60. The van der Waals surface area contributed by atoms with Crippen molar-refractivity contribution in [2.45, 2.75) is 25.3 Å². The highest BCUT2D eigenvalue weighted by molar-refractivity contribution is 5.52. The molecule has 20 heavy (non-hydrogen) atoms. The Hall–Kier alpha value is -1.56. The van der Waals surface area contributed by atoms with E-state index in [1.54, 1.807) is 0 Å². The second-order valence-electron chi connectivity index (χ2n) is 5.90. The van der Waals surface area contributed by atoms with Gasteiger partial charge >= 0.3 is 0 Å². The van der Waals surface area contributed by atoms with Crippen molar-refractivity contribution in [1.29, 1.82) is 0 Å². The maximum absolute atomic E-state index is 5.80. The lowest BCUT2D eigenvalue weighted by atomic mass is 9.84. The van der Waals surface area contributed by atoms with Crippen LogP contribution in [0.15, 0.2) is 6.07 Å². The zero-order chi connectivity index (χ0) is 14.1. The standard InChI is InChI=1S/C14H24N6/c1-16-12-8-13(18-14(15)17-12)20-7-5-11-10(9-20)4-3-6-19(11)2/h8,10-11H,3-7,9H2,1-2H3,(H3,15,16,17,18). The van der Waals surface area contributed by atoms with E-state index in [1.807, 2.05) is 13.1 Å². The molecule has 3 heterocycles. The summed E-state index contributed by atoms with van der Waals surface area (Å²) in [4.78, 5) is 13.4. The van der Waals surface area contributed by atoms with Crippen molar-refractivity contribution in [3.8, 4) is 0 Å². The third-order valence-corrected chi connectivity index (χ3v) is 4.66. The zero-order valence-electron chi connectivity index (χ0n) is 12.3. The molecule has 1 aromatic heterocycles. The highest BCUT2D eigenvalue weighted by Crippen LogP contribution is 2.31. The van der Waals surface area contributed by atoms with E-state index in [2.05, 4.69) is 32.1 Å². The molecule has 1 aromatic rings. The van der Waals surface area contributed by atoms with Gasteiger partial charge in [0.25, 0.3) is 0 Å². The molecule has 0 aliphatic carbocycles. The number of nitrogens with zero attached hydrogens (tertiary/aromatic N) is 4. The third-order valence-electron chi connectivity index (χ3n) is 4.66. The van der Waals surface area contributed by atoms with E-state index < -0.39 is 0 Å². The summed E-state index contributed by atoms with van der Waals surface area (Å²) in [6.45, 7) is 3.37. The lowest BCUT2D eigenvalue weighted by Gasteiger charge is -2.46. The first-order valence-electron chi connectivity index (χ1n) is 7.45. The van der Waals surface area contributed by atoms with Gasteiger partial charge < -0.3 is 20.9 Å². The summed E-state index contributed by atoms with van der Waals surface area (Å²) in [6.07, 6.45) is 3.84. The Bertz CT molecular complexity index is 477. The highest BCUT2D eigenvalue weighted by atomic mass is 15.3. The quantitative estimate of drug-likeness (QED) is 0.840. The van der Waals surface area contributed by atoms with Crippen molar-refractivity contribution >= 4 is 17.6 Å². The number of hydrogen-bond donors (Lipinski definition) is 2. The number of hydrogen-bond acceptors (Lipinski definition) is 6. The van der Waals surface area contributed by atoms with Crippen LogP contribution in [0.25, 0.3) is 0 Å². The predicted octanol–water partition coefficient (Wildman–Crippen LogP) is 1.02. The molecule has 0 amide bonds. The van der Waals surface area contributed by atoms with Gasteiger partial charge in [-0.15, -0.1) is 0 Å². The number of aromatic nitrogens is 2. The molecule has 3 N–H and O–H groups in total. The zero-order valence-corrected chi connectivity index (χ0v) is 12.3. The molecule has 2 aliphatic heterocycles. The second-order valence-corrected chi connectivity index (χ2v) is 5.90. The van der Waals surface area contributed by atoms with Gasteiger partial charge in [0.05, 0.1) is 0 Å². The monoisotopic (exact) mass is 276 g/mol. The van der Waals surface area contributed by atoms with E-state index in [9.17, 15) is 0 Å². The molecule has 6 nitrogen and oxygen atoms in total. The molecule has 2 unspecified atom stereocenters. The van der Waals surface area contributed by atoms with E-state index in [1.165, 1.54) is 25.8 Å². The van der Waals surface area contributed by atoms with Gasteiger partial charge in [0.15, 0.2) is 0 Å². The molecule has 0 aromatic carbocycles. The predicted molar refractivity (Wildman–Crippen MR) is 82.0 cm³/mol. The Labute approximate surface area is 120 Å². The molecule has 2 atom stereocenters. The smallest absolute Gasteiger partial charge is 0.223 e. The molecule has 2 saturated heterocycles. The SMILES string of the molecule is CNc1cc(N2CCC3C(CCCN3C)C2)nc(N)n1. The Balaban J connectivity index is 1.77. The maximum Gasteiger partial charge on any atom is 0.223 e. The largest absolute Gasteiger partial charge is 0.373 e. The van der Waals surface area contributed by atoms with Gasteiger partial charge in [-0.05, 0) is 38.8 Å². The fourth-order valence-electron chi connectivity index (χ4n) is 3.60. The van der Waals surface area contributed by atoms with Crippen molar-refractivity contribution < 1.29 is 0 Å². The molecule has 6 heteroatoms. The Morgan fingerprint density at radius 2 is 2.15 bits per heavy atom. The summed E-state index contributed by atoms with van der Waals surface area (Å²) >= 11 is 0. The number of rotatable bonds is 2. The molecule has 110 valence electrons. The second kappa shape index (κ2) is 5.44. The Morgan fingerprint density at radius 1 is 1.30 bits per heavy atom. The van der Waals surface area contributed by atoms with Crippen LogP contribution in [-0.2, 0) is 0 Å². The molecule has 0 spiro atoms. The van der Waals surface area contributed by atoms with Gasteiger partial charge in [-0.2, -0.15) is 9.97 Å². The molecular formula is C14H24N6. The summed E-state index contributed by atoms with van der Waals surface area (Å²) in [5.41, 5.74) is 5.80. The lowest BCUT2D eigenvalue weighted by molar-refractivity contribution is 0.102. The fraction of sp³-hybridized carbons (Fsp3) is 0.714. The van der Waals surface area contributed by atoms with E-state index in [-0.39, 0.29) is 0 Å². The third kappa shape index (κ3) is 2.52. The van der Waals surface area contributed by atoms with E-state index >= 15 is 0 Å². The van der Waals surface area contributed by atoms with Crippen molar-refractivity contribution in [2.75, 3.05) is 49.7 Å². The maximum atomic E-state index is 5.80. The number of nitrogen functional groups attached to an aromatic ring is 1. The Morgan fingerprint density at radius 3 is 2.95 bits per heavy atom. The topological polar surface area (TPSA) is 70.3 Å². The van der Waals surface area contributed by atoms with Gasteiger partial charge in [0, 0.05) is 32.2 Å². The summed E-state index contributed by atoms with van der Waals surface area (Å²) in [7, 11) is 4.11. The van der Waals surface area contributed by atoms with Gasteiger partial charge in [-0.25, -0.2) is 0 Å². The van der Waals surface area contributed by atoms with E-state index in [4.69, 9.17) is 5.73 Å². The summed E-state index contributed by atoms with van der Waals surface area (Å²) in [6, 6.07) is 2.73. The van der Waals surface area contributed by atoms with Crippen LogP contribution in [0.5, 0.6) is 0 Å². The average molecular weight is 276 g/mol. The van der Waals surface area contributed by atoms with Crippen LogP contribution in [-0.4, -0.2) is 54.6 Å². The van der Waals surface area contributed by atoms with Crippen molar-refractivity contribution in [2.24, 2.45) is 5.92 Å². The van der Waals surface area contributed by atoms with E-state index in [0.717, 1.165) is 36.7 Å². The molecule has 0 bridgehead atoms. The van der Waals surface area contributed by atoms with Gasteiger partial charge in [-0.3, -0.25) is 0 Å². The van der Waals surface area contributed by atoms with Crippen LogP contribution >= 0.6 is 0 Å². The van der Waals surface area contributed by atoms with Crippen molar-refractivity contribution in [1.82, 2.24) is 14.9 Å². The minimum atomic E-state index is 0.342. The number of fused-ring (bicyclic) bond motifs is 1. The highest BCUT2D eigenvalue weighted by Gasteiger charge is 2.34.